The summed E-state index contributed by atoms with van der Waals surface area (Å²) in [6, 6.07) is 2.27. The number of hydrogen-bond acceptors (Lipinski definition) is 2. The van der Waals surface area contributed by atoms with Crippen molar-refractivity contribution in [2.45, 2.75) is 12.6 Å². The van der Waals surface area contributed by atoms with Gasteiger partial charge in [0, 0.05) is 0 Å². The number of hydrogen-bond donors (Lipinski definition) is 0. The third-order valence-corrected chi connectivity index (χ3v) is 2.49. The molecule has 0 amide bonds. The van der Waals surface area contributed by atoms with E-state index in [-0.39, 0.29) is 12.5 Å². The summed E-state index contributed by atoms with van der Waals surface area (Å²) in [5, 5.41) is 0. The van der Waals surface area contributed by atoms with Crippen LogP contribution in [-0.2, 0) is 6.18 Å². The highest BCUT2D eigenvalue weighted by Crippen LogP contribution is 2.30. The molecule has 0 radical (unpaired) electrons. The molecular weight excluding hydrogens is 334 g/mol. The average Bonchev–Trinajstić information content (AvgIpc) is 2.19. The molecule has 0 aliphatic rings. The van der Waals surface area contributed by atoms with Gasteiger partial charge in [-0.1, -0.05) is 6.08 Å². The van der Waals surface area contributed by atoms with Gasteiger partial charge in [0.25, 0.3) is 0 Å². The van der Waals surface area contributed by atoms with E-state index in [4.69, 9.17) is 4.74 Å². The van der Waals surface area contributed by atoms with Crippen LogP contribution >= 0.6 is 22.6 Å². The number of ether oxygens (including phenoxy) is 1. The maximum atomic E-state index is 12.4. The lowest BCUT2D eigenvalue weighted by Gasteiger charge is -2.10. The molecule has 0 spiro atoms. The number of halogens is 4. The Morgan fingerprint density at radius 2 is 2.12 bits per heavy atom. The van der Waals surface area contributed by atoms with Crippen molar-refractivity contribution in [3.63, 3.8) is 0 Å². The smallest absolute Gasteiger partial charge is 0.433 e. The number of rotatable bonds is 4. The molecule has 0 fully saturated rings. The zero-order chi connectivity index (χ0) is 12.2. The molecule has 0 aliphatic carbocycles. The first-order valence-corrected chi connectivity index (χ1v) is 5.50. The predicted molar refractivity (Wildman–Crippen MR) is 62.3 cm³/mol. The van der Waals surface area contributed by atoms with E-state index in [2.05, 4.69) is 11.6 Å². The van der Waals surface area contributed by atoms with E-state index in [1.165, 1.54) is 6.07 Å². The Morgan fingerprint density at radius 1 is 1.44 bits per heavy atom. The SMILES string of the molecule is C=CCCOc1nc(C(F)(F)F)ccc1I. The topological polar surface area (TPSA) is 22.1 Å². The number of nitrogens with zero attached hydrogens (tertiary/aromatic N) is 1. The first-order valence-electron chi connectivity index (χ1n) is 4.42. The van der Waals surface area contributed by atoms with E-state index < -0.39 is 11.9 Å². The molecule has 0 saturated heterocycles. The molecule has 0 aliphatic heterocycles. The molecule has 2 nitrogen and oxygen atoms in total. The van der Waals surface area contributed by atoms with Gasteiger partial charge in [0.05, 0.1) is 10.2 Å². The molecule has 1 aromatic heterocycles. The second-order valence-electron chi connectivity index (χ2n) is 2.91. The van der Waals surface area contributed by atoms with Crippen LogP contribution in [0, 0.1) is 3.57 Å². The Balaban J connectivity index is 2.86. The minimum atomic E-state index is -4.44. The first kappa shape index (κ1) is 13.3. The van der Waals surface area contributed by atoms with Crippen LogP contribution in [0.3, 0.4) is 0 Å². The Labute approximate surface area is 105 Å². The highest BCUT2D eigenvalue weighted by molar-refractivity contribution is 14.1. The largest absolute Gasteiger partial charge is 0.477 e. The van der Waals surface area contributed by atoms with Gasteiger partial charge in [-0.25, -0.2) is 4.98 Å². The normalized spacial score (nSPS) is 11.2. The van der Waals surface area contributed by atoms with E-state index in [9.17, 15) is 13.2 Å². The van der Waals surface area contributed by atoms with Crippen LogP contribution in [0.1, 0.15) is 12.1 Å². The van der Waals surface area contributed by atoms with Crippen LogP contribution in [0.4, 0.5) is 13.2 Å². The maximum absolute atomic E-state index is 12.4. The van der Waals surface area contributed by atoms with Crippen molar-refractivity contribution in [1.29, 1.82) is 0 Å². The van der Waals surface area contributed by atoms with Crippen molar-refractivity contribution in [2.75, 3.05) is 6.61 Å². The molecule has 0 saturated carbocycles. The van der Waals surface area contributed by atoms with Gasteiger partial charge in [-0.15, -0.1) is 6.58 Å². The van der Waals surface area contributed by atoms with Crippen molar-refractivity contribution >= 4 is 22.6 Å². The summed E-state index contributed by atoms with van der Waals surface area (Å²) >= 11 is 1.88. The summed E-state index contributed by atoms with van der Waals surface area (Å²) in [6.07, 6.45) is -2.25. The van der Waals surface area contributed by atoms with Crippen molar-refractivity contribution in [3.05, 3.63) is 34.1 Å². The number of aromatic nitrogens is 1. The zero-order valence-corrected chi connectivity index (χ0v) is 10.4. The van der Waals surface area contributed by atoms with E-state index in [1.807, 2.05) is 22.6 Å². The molecule has 0 bridgehead atoms. The summed E-state index contributed by atoms with van der Waals surface area (Å²) in [5.74, 6) is 0.0114. The zero-order valence-electron chi connectivity index (χ0n) is 8.22. The van der Waals surface area contributed by atoms with Gasteiger partial charge in [-0.05, 0) is 41.1 Å². The Morgan fingerprint density at radius 3 is 2.69 bits per heavy atom. The quantitative estimate of drug-likeness (QED) is 0.473. The van der Waals surface area contributed by atoms with Crippen LogP contribution in [0.15, 0.2) is 24.8 Å². The summed E-state index contributed by atoms with van der Waals surface area (Å²) < 4.78 is 42.7. The average molecular weight is 343 g/mol. The van der Waals surface area contributed by atoms with Gasteiger partial charge in [-0.3, -0.25) is 0 Å². The Hall–Kier alpha value is -0.790. The van der Waals surface area contributed by atoms with Crippen LogP contribution in [-0.4, -0.2) is 11.6 Å². The summed E-state index contributed by atoms with van der Waals surface area (Å²) in [7, 11) is 0. The molecule has 0 N–H and O–H groups in total. The molecule has 0 unspecified atom stereocenters. The summed E-state index contributed by atoms with van der Waals surface area (Å²) in [6.45, 7) is 3.76. The molecule has 6 heteroatoms. The fourth-order valence-electron chi connectivity index (χ4n) is 0.921. The van der Waals surface area contributed by atoms with Gasteiger partial charge >= 0.3 is 6.18 Å². The van der Waals surface area contributed by atoms with Gasteiger partial charge in [0.2, 0.25) is 5.88 Å². The maximum Gasteiger partial charge on any atom is 0.433 e. The Kier molecular flexibility index (Phi) is 4.57. The fourth-order valence-corrected chi connectivity index (χ4v) is 1.38. The standard InChI is InChI=1S/C10H9F3INO/c1-2-3-6-16-9-7(14)4-5-8(15-9)10(11,12)13/h2,4-5H,1,3,6H2. The van der Waals surface area contributed by atoms with Crippen molar-refractivity contribution < 1.29 is 17.9 Å². The first-order chi connectivity index (χ1) is 7.45. The van der Waals surface area contributed by atoms with Gasteiger partial charge < -0.3 is 4.74 Å². The number of pyridine rings is 1. The lowest BCUT2D eigenvalue weighted by Crippen LogP contribution is -2.10. The van der Waals surface area contributed by atoms with Crippen molar-refractivity contribution in [2.24, 2.45) is 0 Å². The minimum absolute atomic E-state index is 0.0114. The highest BCUT2D eigenvalue weighted by atomic mass is 127. The molecule has 1 heterocycles. The van der Waals surface area contributed by atoms with Crippen LogP contribution in [0.2, 0.25) is 0 Å². The molecule has 0 atom stereocenters. The minimum Gasteiger partial charge on any atom is -0.477 e. The van der Waals surface area contributed by atoms with Crippen LogP contribution < -0.4 is 4.74 Å². The third-order valence-electron chi connectivity index (χ3n) is 1.67. The van der Waals surface area contributed by atoms with Crippen LogP contribution in [0.25, 0.3) is 0 Å². The predicted octanol–water partition coefficient (Wildman–Crippen LogP) is 3.66. The second kappa shape index (κ2) is 5.51. The second-order valence-corrected chi connectivity index (χ2v) is 4.07. The number of alkyl halides is 3. The lowest BCUT2D eigenvalue weighted by molar-refractivity contribution is -0.141. The molecule has 0 aromatic carbocycles. The lowest BCUT2D eigenvalue weighted by atomic mass is 10.3. The highest BCUT2D eigenvalue weighted by Gasteiger charge is 2.33. The van der Waals surface area contributed by atoms with Crippen LogP contribution in [0.5, 0.6) is 5.88 Å². The van der Waals surface area contributed by atoms with E-state index in [0.29, 0.717) is 9.99 Å². The fraction of sp³-hybridized carbons (Fsp3) is 0.300. The molecule has 1 rings (SSSR count). The third kappa shape index (κ3) is 3.66. The van der Waals surface area contributed by atoms with E-state index >= 15 is 0 Å². The van der Waals surface area contributed by atoms with E-state index in [0.717, 1.165) is 6.07 Å². The summed E-state index contributed by atoms with van der Waals surface area (Å²) in [5.41, 5.74) is -0.943. The Bertz CT molecular complexity index is 379. The van der Waals surface area contributed by atoms with E-state index in [1.54, 1.807) is 6.08 Å². The molecule has 16 heavy (non-hydrogen) atoms. The van der Waals surface area contributed by atoms with Crippen molar-refractivity contribution in [1.82, 2.24) is 4.98 Å². The van der Waals surface area contributed by atoms with Gasteiger partial charge in [0.15, 0.2) is 0 Å². The monoisotopic (exact) mass is 343 g/mol. The molecule has 1 aromatic rings. The molecular formula is C10H9F3INO. The molecule has 88 valence electrons. The van der Waals surface area contributed by atoms with Gasteiger partial charge in [-0.2, -0.15) is 13.2 Å². The summed E-state index contributed by atoms with van der Waals surface area (Å²) in [4.78, 5) is 3.43. The van der Waals surface area contributed by atoms with Gasteiger partial charge in [0.1, 0.15) is 5.69 Å². The van der Waals surface area contributed by atoms with Crippen molar-refractivity contribution in [3.8, 4) is 5.88 Å².